The summed E-state index contributed by atoms with van der Waals surface area (Å²) >= 11 is 0. The topological polar surface area (TPSA) is 15.8 Å². The molecule has 0 saturated heterocycles. The standard InChI is InChI=1S/C10H10N/c1-7-3-4-10-9(5-7)8(2)6-11-10/h3-4,6,11H,1-2H3. The number of fused-ring (bicyclic) bond motifs is 1. The molecule has 1 aromatic carbocycles. The highest BCUT2D eigenvalue weighted by molar-refractivity contribution is 5.82. The summed E-state index contributed by atoms with van der Waals surface area (Å²) in [6, 6.07) is 7.47. The van der Waals surface area contributed by atoms with E-state index >= 15 is 0 Å². The Bertz CT molecular complexity index is 385. The van der Waals surface area contributed by atoms with Crippen molar-refractivity contribution in [1.82, 2.24) is 4.98 Å². The number of nitrogens with one attached hydrogen (secondary N) is 1. The first-order valence-electron chi connectivity index (χ1n) is 3.74. The zero-order valence-corrected chi connectivity index (χ0v) is 6.73. The van der Waals surface area contributed by atoms with Crippen LogP contribution in [0.15, 0.2) is 18.3 Å². The highest BCUT2D eigenvalue weighted by Gasteiger charge is 1.97. The van der Waals surface area contributed by atoms with Crippen LogP contribution in [0.4, 0.5) is 0 Å². The Hall–Kier alpha value is -1.24. The average Bonchev–Trinajstić information content (AvgIpc) is 2.33. The van der Waals surface area contributed by atoms with E-state index in [1.165, 1.54) is 22.0 Å². The Morgan fingerprint density at radius 1 is 1.27 bits per heavy atom. The number of aryl methyl sites for hydroxylation is 2. The minimum Gasteiger partial charge on any atom is -0.361 e. The van der Waals surface area contributed by atoms with E-state index in [4.69, 9.17) is 0 Å². The zero-order valence-electron chi connectivity index (χ0n) is 6.73. The molecule has 1 heterocycles. The van der Waals surface area contributed by atoms with Gasteiger partial charge in [0.25, 0.3) is 0 Å². The predicted octanol–water partition coefficient (Wildman–Crippen LogP) is 2.58. The number of H-pyrrole nitrogens is 1. The number of aromatic amines is 1. The Balaban J connectivity index is 2.87. The maximum Gasteiger partial charge on any atom is 0.0463 e. The molecule has 0 fully saturated rings. The molecular formula is C10H10N. The van der Waals surface area contributed by atoms with Crippen molar-refractivity contribution in [2.75, 3.05) is 0 Å². The lowest BCUT2D eigenvalue weighted by Crippen LogP contribution is -1.73. The Labute approximate surface area is 66.1 Å². The van der Waals surface area contributed by atoms with Crippen molar-refractivity contribution < 1.29 is 0 Å². The lowest BCUT2D eigenvalue weighted by atomic mass is 10.1. The number of aromatic nitrogens is 1. The predicted molar refractivity (Wildman–Crippen MR) is 46.6 cm³/mol. The highest BCUT2D eigenvalue weighted by Crippen LogP contribution is 2.17. The Morgan fingerprint density at radius 2 is 2.09 bits per heavy atom. The van der Waals surface area contributed by atoms with Crippen LogP contribution in [-0.2, 0) is 0 Å². The molecular weight excluding hydrogens is 134 g/mol. The molecule has 1 aromatic heterocycles. The van der Waals surface area contributed by atoms with Crippen LogP contribution in [0.1, 0.15) is 11.1 Å². The van der Waals surface area contributed by atoms with Gasteiger partial charge in [-0.15, -0.1) is 0 Å². The van der Waals surface area contributed by atoms with E-state index < -0.39 is 0 Å². The van der Waals surface area contributed by atoms with Gasteiger partial charge in [-0.05, 0) is 37.1 Å². The molecule has 1 radical (unpaired) electrons. The lowest BCUT2D eigenvalue weighted by Gasteiger charge is -1.92. The molecule has 0 aliphatic carbocycles. The molecule has 0 aliphatic rings. The number of benzene rings is 1. The van der Waals surface area contributed by atoms with E-state index in [9.17, 15) is 0 Å². The van der Waals surface area contributed by atoms with Gasteiger partial charge in [0.05, 0.1) is 0 Å². The molecule has 1 heteroatoms. The first kappa shape index (κ1) is 6.47. The summed E-state index contributed by atoms with van der Waals surface area (Å²) in [5.41, 5.74) is 3.64. The van der Waals surface area contributed by atoms with Crippen molar-refractivity contribution in [1.29, 1.82) is 0 Å². The summed E-state index contributed by atoms with van der Waals surface area (Å²) in [4.78, 5) is 3.18. The van der Waals surface area contributed by atoms with Crippen molar-refractivity contribution in [3.8, 4) is 0 Å². The fraction of sp³-hybridized carbons (Fsp3) is 0.200. The number of hydrogen-bond donors (Lipinski definition) is 1. The summed E-state index contributed by atoms with van der Waals surface area (Å²) in [7, 11) is 0. The van der Waals surface area contributed by atoms with Gasteiger partial charge in [-0.1, -0.05) is 6.07 Å². The van der Waals surface area contributed by atoms with Gasteiger partial charge in [-0.25, -0.2) is 0 Å². The van der Waals surface area contributed by atoms with E-state index in [0.29, 0.717) is 0 Å². The SMILES string of the molecule is Cc1[c]c2c(C)c[nH]c2cc1. The summed E-state index contributed by atoms with van der Waals surface area (Å²) in [5.74, 6) is 0. The van der Waals surface area contributed by atoms with Gasteiger partial charge in [0.2, 0.25) is 0 Å². The van der Waals surface area contributed by atoms with Crippen LogP contribution >= 0.6 is 0 Å². The van der Waals surface area contributed by atoms with E-state index in [2.05, 4.69) is 37.0 Å². The summed E-state index contributed by atoms with van der Waals surface area (Å²) in [6.45, 7) is 4.15. The molecule has 0 atom stereocenters. The second-order valence-corrected chi connectivity index (χ2v) is 2.90. The molecule has 0 aliphatic heterocycles. The number of rotatable bonds is 0. The second-order valence-electron chi connectivity index (χ2n) is 2.90. The van der Waals surface area contributed by atoms with Crippen molar-refractivity contribution >= 4 is 10.9 Å². The Morgan fingerprint density at radius 3 is 2.91 bits per heavy atom. The van der Waals surface area contributed by atoms with Crippen LogP contribution in [0, 0.1) is 19.9 Å². The van der Waals surface area contributed by atoms with Crippen molar-refractivity contribution in [2.24, 2.45) is 0 Å². The van der Waals surface area contributed by atoms with Gasteiger partial charge < -0.3 is 4.98 Å². The molecule has 2 rings (SSSR count). The zero-order chi connectivity index (χ0) is 7.84. The molecule has 11 heavy (non-hydrogen) atoms. The lowest BCUT2D eigenvalue weighted by molar-refractivity contribution is 1.42. The fourth-order valence-electron chi connectivity index (χ4n) is 1.29. The van der Waals surface area contributed by atoms with E-state index in [-0.39, 0.29) is 0 Å². The summed E-state index contributed by atoms with van der Waals surface area (Å²) < 4.78 is 0. The van der Waals surface area contributed by atoms with E-state index in [1.54, 1.807) is 0 Å². The third-order valence-electron chi connectivity index (χ3n) is 1.93. The Kier molecular flexibility index (Phi) is 1.25. The second kappa shape index (κ2) is 2.12. The third kappa shape index (κ3) is 0.929. The van der Waals surface area contributed by atoms with Gasteiger partial charge in [0.15, 0.2) is 0 Å². The molecule has 0 spiro atoms. The van der Waals surface area contributed by atoms with Crippen molar-refractivity contribution in [2.45, 2.75) is 13.8 Å². The first-order chi connectivity index (χ1) is 5.27. The van der Waals surface area contributed by atoms with Gasteiger partial charge in [0, 0.05) is 17.1 Å². The van der Waals surface area contributed by atoms with Gasteiger partial charge >= 0.3 is 0 Å². The van der Waals surface area contributed by atoms with Crippen LogP contribution in [0.3, 0.4) is 0 Å². The van der Waals surface area contributed by atoms with E-state index in [0.717, 1.165) is 0 Å². The van der Waals surface area contributed by atoms with Crippen LogP contribution in [-0.4, -0.2) is 4.98 Å². The fourth-order valence-corrected chi connectivity index (χ4v) is 1.29. The smallest absolute Gasteiger partial charge is 0.0463 e. The van der Waals surface area contributed by atoms with E-state index in [1.807, 2.05) is 6.20 Å². The molecule has 0 saturated carbocycles. The molecule has 2 aromatic rings. The molecule has 1 nitrogen and oxygen atoms in total. The minimum atomic E-state index is 1.17. The van der Waals surface area contributed by atoms with Crippen LogP contribution < -0.4 is 0 Å². The van der Waals surface area contributed by atoms with Crippen LogP contribution in [0.5, 0.6) is 0 Å². The van der Waals surface area contributed by atoms with Gasteiger partial charge in [-0.3, -0.25) is 0 Å². The quantitative estimate of drug-likeness (QED) is 0.585. The summed E-state index contributed by atoms with van der Waals surface area (Å²) in [5, 5.41) is 1.21. The monoisotopic (exact) mass is 144 g/mol. The van der Waals surface area contributed by atoms with Crippen molar-refractivity contribution in [3.05, 3.63) is 35.5 Å². The third-order valence-corrected chi connectivity index (χ3v) is 1.93. The van der Waals surface area contributed by atoms with Crippen LogP contribution in [0.2, 0.25) is 0 Å². The average molecular weight is 144 g/mol. The largest absolute Gasteiger partial charge is 0.361 e. The molecule has 0 unspecified atom stereocenters. The van der Waals surface area contributed by atoms with Crippen LogP contribution in [0.25, 0.3) is 10.9 Å². The van der Waals surface area contributed by atoms with Gasteiger partial charge in [0.1, 0.15) is 0 Å². The summed E-state index contributed by atoms with van der Waals surface area (Å²) in [6.07, 6.45) is 2.01. The molecule has 1 N–H and O–H groups in total. The molecule has 0 amide bonds. The maximum absolute atomic E-state index is 3.31. The van der Waals surface area contributed by atoms with Crippen molar-refractivity contribution in [3.63, 3.8) is 0 Å². The maximum atomic E-state index is 3.31. The molecule has 55 valence electrons. The molecule has 0 bridgehead atoms. The normalized spacial score (nSPS) is 10.7. The number of hydrogen-bond acceptors (Lipinski definition) is 0. The first-order valence-corrected chi connectivity index (χ1v) is 3.74. The van der Waals surface area contributed by atoms with Gasteiger partial charge in [-0.2, -0.15) is 0 Å². The highest BCUT2D eigenvalue weighted by atomic mass is 14.7. The minimum absolute atomic E-state index is 1.17.